The van der Waals surface area contributed by atoms with Crippen LogP contribution in [0.4, 0.5) is 0 Å². The van der Waals surface area contributed by atoms with Crippen LogP contribution in [0.5, 0.6) is 5.75 Å². The molecule has 142 valence electrons. The van der Waals surface area contributed by atoms with Gasteiger partial charge in [0, 0.05) is 19.5 Å². The second-order valence-electron chi connectivity index (χ2n) is 6.75. The number of likely N-dealkylation sites (tertiary alicyclic amines) is 1. The summed E-state index contributed by atoms with van der Waals surface area (Å²) in [6, 6.07) is 17.2. The van der Waals surface area contributed by atoms with E-state index >= 15 is 0 Å². The maximum Gasteiger partial charge on any atom is 0.225 e. The van der Waals surface area contributed by atoms with E-state index in [2.05, 4.69) is 5.32 Å². The summed E-state index contributed by atoms with van der Waals surface area (Å²) < 4.78 is 5.23. The summed E-state index contributed by atoms with van der Waals surface area (Å²) in [5, 5.41) is 3.05. The quantitative estimate of drug-likeness (QED) is 0.853. The second-order valence-corrected chi connectivity index (χ2v) is 6.75. The molecule has 2 amide bonds. The largest absolute Gasteiger partial charge is 0.497 e. The number of rotatable bonds is 6. The maximum absolute atomic E-state index is 13.0. The van der Waals surface area contributed by atoms with Gasteiger partial charge in [-0.1, -0.05) is 42.5 Å². The van der Waals surface area contributed by atoms with Gasteiger partial charge in [0.15, 0.2) is 0 Å². The van der Waals surface area contributed by atoms with Gasteiger partial charge in [-0.15, -0.1) is 0 Å². The minimum atomic E-state index is -0.264. The van der Waals surface area contributed by atoms with E-state index in [4.69, 9.17) is 4.74 Å². The molecular weight excluding hydrogens is 340 g/mol. The Bertz CT molecular complexity index is 774. The SMILES string of the molecule is CCN1C(=O)CC[C@@H](C(=O)NCc2ccccc2)[C@@H]1c1ccc(OC)cc1. The minimum Gasteiger partial charge on any atom is -0.497 e. The third-order valence-corrected chi connectivity index (χ3v) is 5.15. The molecule has 2 aromatic carbocycles. The molecule has 0 radical (unpaired) electrons. The summed E-state index contributed by atoms with van der Waals surface area (Å²) in [4.78, 5) is 27.2. The van der Waals surface area contributed by atoms with Gasteiger partial charge in [-0.2, -0.15) is 0 Å². The fourth-order valence-electron chi connectivity index (χ4n) is 3.73. The van der Waals surface area contributed by atoms with Crippen LogP contribution in [0.25, 0.3) is 0 Å². The highest BCUT2D eigenvalue weighted by Crippen LogP contribution is 2.37. The normalized spacial score (nSPS) is 19.6. The van der Waals surface area contributed by atoms with Gasteiger partial charge in [-0.05, 0) is 36.6 Å². The first-order chi connectivity index (χ1) is 13.1. The van der Waals surface area contributed by atoms with Crippen molar-refractivity contribution in [2.45, 2.75) is 32.4 Å². The van der Waals surface area contributed by atoms with E-state index in [0.29, 0.717) is 25.9 Å². The van der Waals surface area contributed by atoms with Crippen LogP contribution in [-0.2, 0) is 16.1 Å². The fourth-order valence-corrected chi connectivity index (χ4v) is 3.73. The van der Waals surface area contributed by atoms with Crippen molar-refractivity contribution in [3.05, 3.63) is 65.7 Å². The van der Waals surface area contributed by atoms with Crippen molar-refractivity contribution in [2.75, 3.05) is 13.7 Å². The van der Waals surface area contributed by atoms with Gasteiger partial charge in [-0.25, -0.2) is 0 Å². The number of carbonyl (C=O) groups is 2. The first-order valence-electron chi connectivity index (χ1n) is 9.39. The smallest absolute Gasteiger partial charge is 0.225 e. The lowest BCUT2D eigenvalue weighted by atomic mass is 9.83. The van der Waals surface area contributed by atoms with Gasteiger partial charge in [-0.3, -0.25) is 9.59 Å². The molecule has 3 rings (SSSR count). The summed E-state index contributed by atoms with van der Waals surface area (Å²) in [5.74, 6) is 0.588. The molecule has 1 aliphatic rings. The molecule has 0 aromatic heterocycles. The van der Waals surface area contributed by atoms with Crippen LogP contribution in [0.3, 0.4) is 0 Å². The lowest BCUT2D eigenvalue weighted by Crippen LogP contribution is -2.47. The van der Waals surface area contributed by atoms with Crippen molar-refractivity contribution >= 4 is 11.8 Å². The van der Waals surface area contributed by atoms with E-state index in [1.165, 1.54) is 0 Å². The Kier molecular flexibility index (Phi) is 6.12. The van der Waals surface area contributed by atoms with Gasteiger partial charge < -0.3 is 15.0 Å². The topological polar surface area (TPSA) is 58.6 Å². The Morgan fingerprint density at radius 3 is 2.48 bits per heavy atom. The Labute approximate surface area is 160 Å². The Morgan fingerprint density at radius 2 is 1.85 bits per heavy atom. The summed E-state index contributed by atoms with van der Waals surface area (Å²) in [6.45, 7) is 3.03. The molecule has 5 heteroatoms. The molecule has 1 fully saturated rings. The molecule has 1 heterocycles. The van der Waals surface area contributed by atoms with E-state index in [9.17, 15) is 9.59 Å². The standard InChI is InChI=1S/C22H26N2O3/c1-3-24-20(25)14-13-19(21(24)17-9-11-18(27-2)12-10-17)22(26)23-15-16-7-5-4-6-8-16/h4-12,19,21H,3,13-15H2,1-2H3,(H,23,26)/t19-,21+/m1/s1. The molecule has 1 N–H and O–H groups in total. The molecule has 1 saturated heterocycles. The maximum atomic E-state index is 13.0. The third kappa shape index (κ3) is 4.30. The number of amides is 2. The van der Waals surface area contributed by atoms with Gasteiger partial charge >= 0.3 is 0 Å². The van der Waals surface area contributed by atoms with Crippen molar-refractivity contribution in [1.29, 1.82) is 0 Å². The van der Waals surface area contributed by atoms with E-state index in [-0.39, 0.29) is 23.8 Å². The number of ether oxygens (including phenoxy) is 1. The van der Waals surface area contributed by atoms with Crippen molar-refractivity contribution in [1.82, 2.24) is 10.2 Å². The minimum absolute atomic E-state index is 0.00868. The number of carbonyl (C=O) groups excluding carboxylic acids is 2. The predicted octanol–water partition coefficient (Wildman–Crippen LogP) is 3.31. The summed E-state index contributed by atoms with van der Waals surface area (Å²) in [6.07, 6.45) is 0.969. The lowest BCUT2D eigenvalue weighted by molar-refractivity contribution is -0.143. The van der Waals surface area contributed by atoms with Gasteiger partial charge in [0.1, 0.15) is 5.75 Å². The Morgan fingerprint density at radius 1 is 1.15 bits per heavy atom. The van der Waals surface area contributed by atoms with Crippen molar-refractivity contribution in [3.63, 3.8) is 0 Å². The average Bonchev–Trinajstić information content (AvgIpc) is 2.72. The van der Waals surface area contributed by atoms with Crippen molar-refractivity contribution < 1.29 is 14.3 Å². The van der Waals surface area contributed by atoms with Crippen LogP contribution in [0.15, 0.2) is 54.6 Å². The van der Waals surface area contributed by atoms with E-state index in [1.54, 1.807) is 7.11 Å². The molecular formula is C22H26N2O3. The molecule has 0 bridgehead atoms. The molecule has 2 atom stereocenters. The van der Waals surface area contributed by atoms with Crippen LogP contribution in [0.1, 0.15) is 36.9 Å². The Balaban J connectivity index is 1.81. The van der Waals surface area contributed by atoms with Crippen molar-refractivity contribution in [3.8, 4) is 5.75 Å². The summed E-state index contributed by atoms with van der Waals surface area (Å²) >= 11 is 0. The van der Waals surface area contributed by atoms with E-state index in [0.717, 1.165) is 16.9 Å². The molecule has 0 spiro atoms. The molecule has 0 aliphatic carbocycles. The number of methoxy groups -OCH3 is 1. The van der Waals surface area contributed by atoms with Gasteiger partial charge in [0.05, 0.1) is 19.1 Å². The number of benzene rings is 2. The molecule has 27 heavy (non-hydrogen) atoms. The highest BCUT2D eigenvalue weighted by Gasteiger charge is 2.39. The summed E-state index contributed by atoms with van der Waals surface area (Å²) in [7, 11) is 1.62. The van der Waals surface area contributed by atoms with Crippen LogP contribution < -0.4 is 10.1 Å². The van der Waals surface area contributed by atoms with E-state index < -0.39 is 0 Å². The zero-order valence-corrected chi connectivity index (χ0v) is 15.9. The first-order valence-corrected chi connectivity index (χ1v) is 9.39. The van der Waals surface area contributed by atoms with Crippen LogP contribution in [-0.4, -0.2) is 30.4 Å². The highest BCUT2D eigenvalue weighted by molar-refractivity contribution is 5.85. The predicted molar refractivity (Wildman–Crippen MR) is 104 cm³/mol. The molecule has 0 saturated carbocycles. The van der Waals surface area contributed by atoms with Crippen LogP contribution in [0.2, 0.25) is 0 Å². The second kappa shape index (κ2) is 8.71. The van der Waals surface area contributed by atoms with Gasteiger partial charge in [0.25, 0.3) is 0 Å². The number of hydrogen-bond acceptors (Lipinski definition) is 3. The summed E-state index contributed by atoms with van der Waals surface area (Å²) in [5.41, 5.74) is 2.02. The molecule has 1 aliphatic heterocycles. The number of piperidine rings is 1. The van der Waals surface area contributed by atoms with E-state index in [1.807, 2.05) is 66.4 Å². The fraction of sp³-hybridized carbons (Fsp3) is 0.364. The number of nitrogens with zero attached hydrogens (tertiary/aromatic N) is 1. The third-order valence-electron chi connectivity index (χ3n) is 5.15. The average molecular weight is 366 g/mol. The zero-order valence-electron chi connectivity index (χ0n) is 15.9. The molecule has 0 unspecified atom stereocenters. The lowest BCUT2D eigenvalue weighted by Gasteiger charge is -2.40. The molecule has 2 aromatic rings. The van der Waals surface area contributed by atoms with Crippen LogP contribution >= 0.6 is 0 Å². The number of hydrogen-bond donors (Lipinski definition) is 1. The van der Waals surface area contributed by atoms with Gasteiger partial charge in [0.2, 0.25) is 11.8 Å². The number of nitrogens with one attached hydrogen (secondary N) is 1. The molecule has 5 nitrogen and oxygen atoms in total. The first kappa shape index (κ1) is 19.0. The zero-order chi connectivity index (χ0) is 19.2. The highest BCUT2D eigenvalue weighted by atomic mass is 16.5. The van der Waals surface area contributed by atoms with Crippen LogP contribution in [0, 0.1) is 5.92 Å². The Hall–Kier alpha value is -2.82. The monoisotopic (exact) mass is 366 g/mol. The van der Waals surface area contributed by atoms with Crippen molar-refractivity contribution in [2.24, 2.45) is 5.92 Å².